The first-order valence-electron chi connectivity index (χ1n) is 4.81. The number of aliphatic hydroxyl groups is 1. The van der Waals surface area contributed by atoms with Gasteiger partial charge in [0.15, 0.2) is 16.1 Å². The summed E-state index contributed by atoms with van der Waals surface area (Å²) in [5.74, 6) is 0. The molecule has 1 rings (SSSR count). The van der Waals surface area contributed by atoms with Gasteiger partial charge in [-0.3, -0.25) is 0 Å². The largest absolute Gasteiger partial charge is 0.424 e. The maximum absolute atomic E-state index is 8.52. The van der Waals surface area contributed by atoms with Gasteiger partial charge in [-0.1, -0.05) is 13.0 Å². The standard InChI is InChI=1S/C5H10O2.C4H10OSi/c1-3-5(6)7-4-2;1-2-4-6-5-3-1/h3,5-6H,1,4H2,2H3;1-4,6H2. The molecule has 1 N–H and O–H groups in total. The molecule has 1 saturated heterocycles. The molecule has 0 aromatic rings. The van der Waals surface area contributed by atoms with Crippen LogP contribution in [0.2, 0.25) is 6.04 Å². The summed E-state index contributed by atoms with van der Waals surface area (Å²) < 4.78 is 9.84. The average molecular weight is 204 g/mol. The van der Waals surface area contributed by atoms with Crippen LogP contribution in [0.3, 0.4) is 0 Å². The van der Waals surface area contributed by atoms with Crippen molar-refractivity contribution in [3.63, 3.8) is 0 Å². The number of hydrogen-bond acceptors (Lipinski definition) is 3. The van der Waals surface area contributed by atoms with Crippen LogP contribution in [0.1, 0.15) is 19.8 Å². The first-order chi connectivity index (χ1) is 6.31. The number of hydrogen-bond donors (Lipinski definition) is 1. The van der Waals surface area contributed by atoms with E-state index >= 15 is 0 Å². The van der Waals surface area contributed by atoms with Crippen LogP contribution in [0, 0.1) is 0 Å². The van der Waals surface area contributed by atoms with Crippen LogP contribution < -0.4 is 0 Å². The molecule has 0 saturated carbocycles. The molecule has 1 unspecified atom stereocenters. The smallest absolute Gasteiger partial charge is 0.173 e. The Labute approximate surface area is 82.7 Å². The quantitative estimate of drug-likeness (QED) is 0.420. The van der Waals surface area contributed by atoms with Gasteiger partial charge in [0, 0.05) is 13.2 Å². The van der Waals surface area contributed by atoms with Gasteiger partial charge in [-0.2, -0.15) is 0 Å². The van der Waals surface area contributed by atoms with E-state index in [1.54, 1.807) is 0 Å². The highest BCUT2D eigenvalue weighted by atomic mass is 28.2. The zero-order valence-corrected chi connectivity index (χ0v) is 9.78. The van der Waals surface area contributed by atoms with E-state index in [1.165, 1.54) is 25.0 Å². The number of aliphatic hydroxyl groups excluding tert-OH is 1. The van der Waals surface area contributed by atoms with Gasteiger partial charge in [0.2, 0.25) is 0 Å². The molecular weight excluding hydrogens is 184 g/mol. The number of rotatable bonds is 3. The van der Waals surface area contributed by atoms with Crippen LogP contribution in [-0.2, 0) is 9.16 Å². The Bertz CT molecular complexity index is 104. The van der Waals surface area contributed by atoms with Crippen molar-refractivity contribution in [1.82, 2.24) is 0 Å². The van der Waals surface area contributed by atoms with Crippen molar-refractivity contribution in [2.24, 2.45) is 0 Å². The van der Waals surface area contributed by atoms with Crippen molar-refractivity contribution in [2.45, 2.75) is 32.1 Å². The normalized spacial score (nSPS) is 20.2. The zero-order valence-electron chi connectivity index (χ0n) is 8.37. The third-order valence-corrected chi connectivity index (χ3v) is 2.98. The molecular formula is C9H20O3Si. The van der Waals surface area contributed by atoms with Crippen LogP contribution in [-0.4, -0.2) is 34.4 Å². The van der Waals surface area contributed by atoms with Gasteiger partial charge < -0.3 is 14.3 Å². The third-order valence-electron chi connectivity index (χ3n) is 1.62. The monoisotopic (exact) mass is 204 g/mol. The van der Waals surface area contributed by atoms with Crippen molar-refractivity contribution >= 4 is 9.76 Å². The van der Waals surface area contributed by atoms with Crippen LogP contribution in [0.25, 0.3) is 0 Å². The average Bonchev–Trinajstić information content (AvgIpc) is 2.22. The van der Waals surface area contributed by atoms with E-state index in [9.17, 15) is 0 Å². The summed E-state index contributed by atoms with van der Waals surface area (Å²) in [6.45, 7) is 6.70. The van der Waals surface area contributed by atoms with Gasteiger partial charge in [-0.05, 0) is 25.5 Å². The Balaban J connectivity index is 0.000000223. The molecule has 0 bridgehead atoms. The van der Waals surface area contributed by atoms with Crippen LogP contribution >= 0.6 is 0 Å². The summed E-state index contributed by atoms with van der Waals surface area (Å²) in [4.78, 5) is 0. The lowest BCUT2D eigenvalue weighted by Crippen LogP contribution is -2.06. The molecule has 0 aromatic heterocycles. The van der Waals surface area contributed by atoms with Crippen molar-refractivity contribution in [3.8, 4) is 0 Å². The molecule has 4 heteroatoms. The van der Waals surface area contributed by atoms with Gasteiger partial charge in [0.25, 0.3) is 0 Å². The molecule has 0 aromatic carbocycles. The Hall–Kier alpha value is -0.163. The minimum atomic E-state index is -0.787. The van der Waals surface area contributed by atoms with E-state index in [0.29, 0.717) is 6.61 Å². The summed E-state index contributed by atoms with van der Waals surface area (Å²) in [7, 11) is 0.00849. The first kappa shape index (κ1) is 12.8. The van der Waals surface area contributed by atoms with E-state index in [4.69, 9.17) is 9.53 Å². The zero-order chi connectivity index (χ0) is 9.94. The summed E-state index contributed by atoms with van der Waals surface area (Å²) in [6.07, 6.45) is 3.30. The molecule has 78 valence electrons. The Morgan fingerprint density at radius 1 is 1.69 bits per heavy atom. The fourth-order valence-corrected chi connectivity index (χ4v) is 2.10. The third kappa shape index (κ3) is 9.75. The molecule has 0 radical (unpaired) electrons. The lowest BCUT2D eigenvalue weighted by atomic mass is 10.4. The predicted octanol–water partition coefficient (Wildman–Crippen LogP) is 0.826. The Morgan fingerprint density at radius 2 is 2.46 bits per heavy atom. The van der Waals surface area contributed by atoms with Gasteiger partial charge >= 0.3 is 0 Å². The van der Waals surface area contributed by atoms with E-state index in [-0.39, 0.29) is 9.76 Å². The fourth-order valence-electron chi connectivity index (χ4n) is 0.926. The van der Waals surface area contributed by atoms with Gasteiger partial charge in [0.1, 0.15) is 0 Å². The minimum absolute atomic E-state index is 0.00849. The van der Waals surface area contributed by atoms with E-state index in [0.717, 1.165) is 6.61 Å². The maximum Gasteiger partial charge on any atom is 0.173 e. The summed E-state index contributed by atoms with van der Waals surface area (Å²) >= 11 is 0. The minimum Gasteiger partial charge on any atom is -0.424 e. The van der Waals surface area contributed by atoms with E-state index < -0.39 is 6.29 Å². The topological polar surface area (TPSA) is 38.7 Å². The molecule has 1 fully saturated rings. The highest BCUT2D eigenvalue weighted by Gasteiger charge is 1.96. The van der Waals surface area contributed by atoms with Gasteiger partial charge in [0.05, 0.1) is 0 Å². The predicted molar refractivity (Wildman–Crippen MR) is 56.4 cm³/mol. The molecule has 13 heavy (non-hydrogen) atoms. The lowest BCUT2D eigenvalue weighted by Gasteiger charge is -2.07. The van der Waals surface area contributed by atoms with Crippen molar-refractivity contribution in [3.05, 3.63) is 12.7 Å². The Kier molecular flexibility index (Phi) is 9.80. The van der Waals surface area contributed by atoms with E-state index in [1.807, 2.05) is 6.92 Å². The summed E-state index contributed by atoms with van der Waals surface area (Å²) in [5, 5.41) is 8.52. The Morgan fingerprint density at radius 3 is 2.62 bits per heavy atom. The molecule has 1 aliphatic heterocycles. The number of ether oxygens (including phenoxy) is 1. The van der Waals surface area contributed by atoms with Crippen molar-refractivity contribution in [1.29, 1.82) is 0 Å². The molecule has 3 nitrogen and oxygen atoms in total. The summed E-state index contributed by atoms with van der Waals surface area (Å²) in [5.41, 5.74) is 0. The van der Waals surface area contributed by atoms with E-state index in [2.05, 4.69) is 11.3 Å². The van der Waals surface area contributed by atoms with Crippen molar-refractivity contribution < 1.29 is 14.3 Å². The lowest BCUT2D eigenvalue weighted by molar-refractivity contribution is -0.0584. The maximum atomic E-state index is 8.52. The molecule has 1 atom stereocenters. The molecule has 0 aliphatic carbocycles. The van der Waals surface area contributed by atoms with Gasteiger partial charge in [-0.25, -0.2) is 0 Å². The van der Waals surface area contributed by atoms with Crippen LogP contribution in [0.15, 0.2) is 12.7 Å². The SMILES string of the molecule is C1CC[SiH2]OC1.C=CC(O)OCC. The molecule has 1 heterocycles. The molecule has 1 aliphatic rings. The van der Waals surface area contributed by atoms with Crippen molar-refractivity contribution in [2.75, 3.05) is 13.2 Å². The second kappa shape index (κ2) is 9.92. The first-order valence-corrected chi connectivity index (χ1v) is 6.39. The highest BCUT2D eigenvalue weighted by Crippen LogP contribution is 2.01. The second-order valence-corrected chi connectivity index (χ2v) is 4.28. The van der Waals surface area contributed by atoms with Crippen LogP contribution in [0.4, 0.5) is 0 Å². The van der Waals surface area contributed by atoms with Crippen LogP contribution in [0.5, 0.6) is 0 Å². The highest BCUT2D eigenvalue weighted by molar-refractivity contribution is 6.27. The summed E-state index contributed by atoms with van der Waals surface area (Å²) in [6, 6.07) is 1.42. The second-order valence-electron chi connectivity index (χ2n) is 2.75. The fraction of sp³-hybridized carbons (Fsp3) is 0.778. The molecule has 0 amide bonds. The van der Waals surface area contributed by atoms with Gasteiger partial charge in [-0.15, -0.1) is 0 Å². The molecule has 0 spiro atoms.